The van der Waals surface area contributed by atoms with Crippen LogP contribution in [0.15, 0.2) is 0 Å². The molecule has 156 valence electrons. The number of likely N-dealkylation sites (N-methyl/N-ethyl adjacent to an activating group) is 1. The Morgan fingerprint density at radius 2 is 1.96 bits per heavy atom. The summed E-state index contributed by atoms with van der Waals surface area (Å²) in [5.41, 5.74) is -0.442. The molecule has 0 radical (unpaired) electrons. The molecule has 0 bridgehead atoms. The van der Waals surface area contributed by atoms with Crippen LogP contribution < -0.4 is 10.6 Å². The molecule has 1 rings (SSSR count). The maximum atomic E-state index is 13.1. The summed E-state index contributed by atoms with van der Waals surface area (Å²) >= 11 is 0. The lowest BCUT2D eigenvalue weighted by Crippen LogP contribution is -2.56. The second-order valence-electron chi connectivity index (χ2n) is 8.63. The van der Waals surface area contributed by atoms with Gasteiger partial charge in [-0.25, -0.2) is 4.79 Å². The number of hydrogen-bond acceptors (Lipinski definition) is 5. The van der Waals surface area contributed by atoms with Crippen molar-refractivity contribution in [2.24, 2.45) is 11.8 Å². The van der Waals surface area contributed by atoms with Gasteiger partial charge in [0.1, 0.15) is 5.78 Å². The molecule has 3 amide bonds. The van der Waals surface area contributed by atoms with E-state index in [1.165, 1.54) is 4.90 Å². The summed E-state index contributed by atoms with van der Waals surface area (Å²) in [6.07, 6.45) is 3.75. The van der Waals surface area contributed by atoms with E-state index in [1.54, 1.807) is 0 Å². The molecule has 2 N–H and O–H groups in total. The van der Waals surface area contributed by atoms with Crippen LogP contribution in [0.5, 0.6) is 0 Å². The van der Waals surface area contributed by atoms with Gasteiger partial charge in [-0.15, -0.1) is 0 Å². The first kappa shape index (κ1) is 23.6. The highest BCUT2D eigenvalue weighted by molar-refractivity contribution is 5.96. The van der Waals surface area contributed by atoms with Gasteiger partial charge in [-0.1, -0.05) is 0 Å². The van der Waals surface area contributed by atoms with E-state index in [4.69, 9.17) is 0 Å². The minimum Gasteiger partial charge on any atom is -0.331 e. The molecule has 2 unspecified atom stereocenters. The molecule has 1 fully saturated rings. The van der Waals surface area contributed by atoms with E-state index in [-0.39, 0.29) is 29.6 Å². The van der Waals surface area contributed by atoms with Crippen molar-refractivity contribution in [1.82, 2.24) is 20.4 Å². The Bertz CT molecular complexity index is 519. The molecular weight excluding hydrogens is 344 g/mol. The van der Waals surface area contributed by atoms with Gasteiger partial charge in [-0.3, -0.25) is 14.5 Å². The number of rotatable bonds is 9. The zero-order valence-electron chi connectivity index (χ0n) is 17.9. The summed E-state index contributed by atoms with van der Waals surface area (Å²) in [7, 11) is 5.71. The minimum absolute atomic E-state index is 0.164. The normalized spacial score (nSPS) is 19.1. The SMILES string of the molecule is CCN(C(=O)NC(C)(C)CN(C)C)C(=O)C(CNC)CC1CCCC(=O)C1. The van der Waals surface area contributed by atoms with Gasteiger partial charge in [-0.05, 0) is 67.1 Å². The van der Waals surface area contributed by atoms with Crippen molar-refractivity contribution in [2.75, 3.05) is 40.8 Å². The van der Waals surface area contributed by atoms with Gasteiger partial charge in [0.05, 0.1) is 5.92 Å². The average molecular weight is 383 g/mol. The summed E-state index contributed by atoms with van der Waals surface area (Å²) in [5.74, 6) is 0.0644. The predicted octanol–water partition coefficient (Wildman–Crippen LogP) is 1.87. The Morgan fingerprint density at radius 3 is 2.48 bits per heavy atom. The lowest BCUT2D eigenvalue weighted by molar-refractivity contribution is -0.133. The highest BCUT2D eigenvalue weighted by Gasteiger charge is 2.33. The van der Waals surface area contributed by atoms with E-state index in [9.17, 15) is 14.4 Å². The third-order valence-corrected chi connectivity index (χ3v) is 4.99. The molecule has 0 heterocycles. The van der Waals surface area contributed by atoms with Gasteiger partial charge < -0.3 is 15.5 Å². The lowest BCUT2D eigenvalue weighted by atomic mass is 9.81. The Kier molecular flexibility index (Phi) is 9.39. The first-order chi connectivity index (χ1) is 12.6. The number of nitrogens with zero attached hydrogens (tertiary/aromatic N) is 2. The molecule has 0 aromatic carbocycles. The number of ketones is 1. The van der Waals surface area contributed by atoms with E-state index in [0.29, 0.717) is 38.9 Å². The summed E-state index contributed by atoms with van der Waals surface area (Å²) < 4.78 is 0. The van der Waals surface area contributed by atoms with Crippen molar-refractivity contribution in [1.29, 1.82) is 0 Å². The van der Waals surface area contributed by atoms with Crippen molar-refractivity contribution >= 4 is 17.7 Å². The van der Waals surface area contributed by atoms with E-state index in [2.05, 4.69) is 10.6 Å². The Hall–Kier alpha value is -1.47. The molecule has 0 aromatic heterocycles. The van der Waals surface area contributed by atoms with Crippen LogP contribution in [0.3, 0.4) is 0 Å². The number of nitrogens with one attached hydrogen (secondary N) is 2. The number of urea groups is 1. The van der Waals surface area contributed by atoms with Gasteiger partial charge in [0.2, 0.25) is 5.91 Å². The zero-order valence-corrected chi connectivity index (χ0v) is 17.9. The number of imide groups is 1. The third-order valence-electron chi connectivity index (χ3n) is 4.99. The molecule has 1 saturated carbocycles. The maximum absolute atomic E-state index is 13.1. The minimum atomic E-state index is -0.442. The standard InChI is InChI=1S/C20H38N4O3/c1-7-24(19(27)22-20(2,3)14-23(5)6)18(26)16(13-21-4)11-15-9-8-10-17(25)12-15/h15-16,21H,7-14H2,1-6H3,(H,22,27). The van der Waals surface area contributed by atoms with Crippen LogP contribution in [0.1, 0.15) is 52.9 Å². The second kappa shape index (κ2) is 10.8. The average Bonchev–Trinajstić information content (AvgIpc) is 2.53. The Labute approximate surface area is 164 Å². The topological polar surface area (TPSA) is 81.8 Å². The van der Waals surface area contributed by atoms with E-state index in [1.807, 2.05) is 46.8 Å². The van der Waals surface area contributed by atoms with Gasteiger partial charge >= 0.3 is 6.03 Å². The largest absolute Gasteiger partial charge is 0.331 e. The monoisotopic (exact) mass is 382 g/mol. The summed E-state index contributed by atoms with van der Waals surface area (Å²) in [6.45, 7) is 7.22. The molecule has 7 nitrogen and oxygen atoms in total. The molecule has 27 heavy (non-hydrogen) atoms. The van der Waals surface area contributed by atoms with Gasteiger partial charge in [0.25, 0.3) is 0 Å². The molecule has 7 heteroatoms. The van der Waals surface area contributed by atoms with Crippen LogP contribution in [0.25, 0.3) is 0 Å². The maximum Gasteiger partial charge on any atom is 0.324 e. The van der Waals surface area contributed by atoms with Gasteiger partial charge in [0.15, 0.2) is 0 Å². The third kappa shape index (κ3) is 7.97. The number of carbonyl (C=O) groups excluding carboxylic acids is 3. The van der Waals surface area contributed by atoms with E-state index < -0.39 is 5.54 Å². The highest BCUT2D eigenvalue weighted by atomic mass is 16.2. The highest BCUT2D eigenvalue weighted by Crippen LogP contribution is 2.28. The van der Waals surface area contributed by atoms with E-state index in [0.717, 1.165) is 12.8 Å². The smallest absolute Gasteiger partial charge is 0.324 e. The van der Waals surface area contributed by atoms with Crippen molar-refractivity contribution in [2.45, 2.75) is 58.4 Å². The molecule has 0 saturated heterocycles. The van der Waals surface area contributed by atoms with Crippen molar-refractivity contribution < 1.29 is 14.4 Å². The molecule has 0 aromatic rings. The first-order valence-corrected chi connectivity index (χ1v) is 10.0. The molecule has 0 spiro atoms. The van der Waals surface area contributed by atoms with Crippen molar-refractivity contribution in [3.63, 3.8) is 0 Å². The molecular formula is C20H38N4O3. The summed E-state index contributed by atoms with van der Waals surface area (Å²) in [6, 6.07) is -0.352. The van der Waals surface area contributed by atoms with Crippen LogP contribution in [-0.2, 0) is 9.59 Å². The molecule has 1 aliphatic rings. The van der Waals surface area contributed by atoms with Crippen LogP contribution >= 0.6 is 0 Å². The Balaban J connectivity index is 2.80. The fraction of sp³-hybridized carbons (Fsp3) is 0.850. The first-order valence-electron chi connectivity index (χ1n) is 10.0. The number of amides is 3. The second-order valence-corrected chi connectivity index (χ2v) is 8.63. The number of carbonyl (C=O) groups is 3. The van der Waals surface area contributed by atoms with Gasteiger partial charge in [0, 0.05) is 38.0 Å². The zero-order chi connectivity index (χ0) is 20.6. The molecule has 1 aliphatic carbocycles. The molecule has 0 aliphatic heterocycles. The lowest BCUT2D eigenvalue weighted by Gasteiger charge is -2.33. The quantitative estimate of drug-likeness (QED) is 0.636. The van der Waals surface area contributed by atoms with Gasteiger partial charge in [-0.2, -0.15) is 0 Å². The van der Waals surface area contributed by atoms with Crippen LogP contribution in [0.2, 0.25) is 0 Å². The van der Waals surface area contributed by atoms with Crippen LogP contribution in [0.4, 0.5) is 4.79 Å². The van der Waals surface area contributed by atoms with Crippen LogP contribution in [0, 0.1) is 11.8 Å². The summed E-state index contributed by atoms with van der Waals surface area (Å²) in [5, 5.41) is 6.05. The van der Waals surface area contributed by atoms with Crippen molar-refractivity contribution in [3.8, 4) is 0 Å². The molecule has 2 atom stereocenters. The number of Topliss-reactive ketones (excluding diaryl/α,β-unsaturated/α-hetero) is 1. The van der Waals surface area contributed by atoms with Crippen molar-refractivity contribution in [3.05, 3.63) is 0 Å². The number of hydrogen-bond donors (Lipinski definition) is 2. The fourth-order valence-corrected chi connectivity index (χ4v) is 4.04. The summed E-state index contributed by atoms with van der Waals surface area (Å²) in [4.78, 5) is 40.9. The van der Waals surface area contributed by atoms with Crippen LogP contribution in [-0.4, -0.2) is 73.8 Å². The Morgan fingerprint density at radius 1 is 1.30 bits per heavy atom. The fourth-order valence-electron chi connectivity index (χ4n) is 4.04. The predicted molar refractivity (Wildman–Crippen MR) is 108 cm³/mol. The van der Waals surface area contributed by atoms with E-state index >= 15 is 0 Å².